The van der Waals surface area contributed by atoms with Crippen LogP contribution >= 0.6 is 0 Å². The van der Waals surface area contributed by atoms with Crippen molar-refractivity contribution < 1.29 is 4.79 Å². The third-order valence-corrected chi connectivity index (χ3v) is 3.89. The van der Waals surface area contributed by atoms with E-state index in [-0.39, 0.29) is 11.9 Å². The van der Waals surface area contributed by atoms with Crippen LogP contribution in [-0.4, -0.2) is 30.4 Å². The largest absolute Gasteiger partial charge is 0.341 e. The second-order valence-electron chi connectivity index (χ2n) is 5.63. The fraction of sp³-hybridized carbons (Fsp3) is 0.316. The van der Waals surface area contributed by atoms with Gasteiger partial charge in [0.15, 0.2) is 0 Å². The van der Waals surface area contributed by atoms with E-state index in [0.29, 0.717) is 26.1 Å². The van der Waals surface area contributed by atoms with Crippen molar-refractivity contribution >= 4 is 5.91 Å². The second-order valence-corrected chi connectivity index (χ2v) is 5.63. The number of nitrogens with zero attached hydrogens (tertiary/aromatic N) is 1. The second kappa shape index (κ2) is 9.08. The maximum absolute atomic E-state index is 12.5. The highest BCUT2D eigenvalue weighted by Crippen LogP contribution is 2.15. The smallest absolute Gasteiger partial charge is 0.224 e. The molecule has 0 aliphatic rings. The number of carbonyl (C=O) groups excluding carboxylic acids is 1. The molecule has 0 saturated heterocycles. The Labute approximate surface area is 138 Å². The zero-order chi connectivity index (χ0) is 16.5. The molecule has 0 aromatic heterocycles. The third-order valence-electron chi connectivity index (χ3n) is 3.89. The fourth-order valence-electron chi connectivity index (χ4n) is 2.56. The summed E-state index contributed by atoms with van der Waals surface area (Å²) in [5.74, 6) is 0.0581. The molecule has 2 aromatic carbocycles. The van der Waals surface area contributed by atoms with E-state index in [4.69, 9.17) is 11.5 Å². The highest BCUT2D eigenvalue weighted by molar-refractivity contribution is 5.77. The summed E-state index contributed by atoms with van der Waals surface area (Å²) in [7, 11) is 0. The van der Waals surface area contributed by atoms with Gasteiger partial charge in [0.2, 0.25) is 5.91 Å². The lowest BCUT2D eigenvalue weighted by Gasteiger charge is -2.24. The maximum Gasteiger partial charge on any atom is 0.224 e. The number of nitrogens with two attached hydrogens (primary N) is 2. The van der Waals surface area contributed by atoms with Crippen LogP contribution in [0.15, 0.2) is 60.7 Å². The molecule has 1 atom stereocenters. The number of benzene rings is 2. The van der Waals surface area contributed by atoms with Crippen LogP contribution in [-0.2, 0) is 11.2 Å². The van der Waals surface area contributed by atoms with Gasteiger partial charge in [-0.05, 0) is 17.5 Å². The summed E-state index contributed by atoms with van der Waals surface area (Å²) >= 11 is 0. The van der Waals surface area contributed by atoms with E-state index in [1.54, 1.807) is 0 Å². The van der Waals surface area contributed by atoms with Gasteiger partial charge >= 0.3 is 0 Å². The molecular formula is C19H25N3O. The first-order valence-electron chi connectivity index (χ1n) is 8.03. The number of amides is 1. The molecule has 4 nitrogen and oxygen atoms in total. The number of hydrogen-bond acceptors (Lipinski definition) is 3. The third kappa shape index (κ3) is 5.51. The lowest BCUT2D eigenvalue weighted by molar-refractivity contribution is -0.131. The van der Waals surface area contributed by atoms with Crippen LogP contribution in [0, 0.1) is 0 Å². The summed E-state index contributed by atoms with van der Waals surface area (Å²) in [6.45, 7) is 1.69. The Hall–Kier alpha value is -2.17. The maximum atomic E-state index is 12.5. The van der Waals surface area contributed by atoms with E-state index < -0.39 is 0 Å². The predicted molar refractivity (Wildman–Crippen MR) is 93.8 cm³/mol. The van der Waals surface area contributed by atoms with Gasteiger partial charge in [-0.3, -0.25) is 4.79 Å². The van der Waals surface area contributed by atoms with Crippen molar-refractivity contribution in [2.75, 3.05) is 19.6 Å². The zero-order valence-electron chi connectivity index (χ0n) is 13.4. The van der Waals surface area contributed by atoms with E-state index in [0.717, 1.165) is 12.0 Å². The molecular weight excluding hydrogens is 286 g/mol. The van der Waals surface area contributed by atoms with Crippen LogP contribution in [0.4, 0.5) is 0 Å². The predicted octanol–water partition coefficient (Wildman–Crippen LogP) is 2.11. The summed E-state index contributed by atoms with van der Waals surface area (Å²) < 4.78 is 0. The van der Waals surface area contributed by atoms with Gasteiger partial charge in [0.1, 0.15) is 0 Å². The van der Waals surface area contributed by atoms with Crippen molar-refractivity contribution in [2.45, 2.75) is 18.9 Å². The molecule has 0 aliphatic carbocycles. The molecule has 0 saturated carbocycles. The number of hydrogen-bond donors (Lipinski definition) is 2. The number of rotatable bonds is 8. The van der Waals surface area contributed by atoms with Crippen LogP contribution in [0.5, 0.6) is 0 Å². The zero-order valence-corrected chi connectivity index (χ0v) is 13.4. The van der Waals surface area contributed by atoms with E-state index in [9.17, 15) is 4.79 Å². The Balaban J connectivity index is 1.92. The van der Waals surface area contributed by atoms with Crippen LogP contribution in [0.25, 0.3) is 0 Å². The SMILES string of the molecule is NCCN(CCc1ccccc1)C(=O)CC(N)c1ccccc1. The average Bonchev–Trinajstić information content (AvgIpc) is 2.60. The molecule has 2 aromatic rings. The van der Waals surface area contributed by atoms with Crippen molar-refractivity contribution in [1.29, 1.82) is 0 Å². The van der Waals surface area contributed by atoms with E-state index in [2.05, 4.69) is 12.1 Å². The molecule has 4 heteroatoms. The Morgan fingerprint density at radius 3 is 2.17 bits per heavy atom. The Morgan fingerprint density at radius 1 is 0.957 bits per heavy atom. The van der Waals surface area contributed by atoms with Crippen LogP contribution in [0.3, 0.4) is 0 Å². The summed E-state index contributed by atoms with van der Waals surface area (Å²) in [5, 5.41) is 0. The fourth-order valence-corrected chi connectivity index (χ4v) is 2.56. The van der Waals surface area contributed by atoms with Gasteiger partial charge in [-0.1, -0.05) is 60.7 Å². The molecule has 23 heavy (non-hydrogen) atoms. The van der Waals surface area contributed by atoms with Crippen molar-refractivity contribution in [3.8, 4) is 0 Å². The molecule has 0 radical (unpaired) electrons. The van der Waals surface area contributed by atoms with Crippen LogP contribution < -0.4 is 11.5 Å². The number of carbonyl (C=O) groups is 1. The molecule has 0 spiro atoms. The Bertz CT molecular complexity index is 586. The quantitative estimate of drug-likeness (QED) is 0.784. The highest BCUT2D eigenvalue weighted by atomic mass is 16.2. The molecule has 0 heterocycles. The van der Waals surface area contributed by atoms with E-state index >= 15 is 0 Å². The van der Waals surface area contributed by atoms with Crippen molar-refractivity contribution in [3.63, 3.8) is 0 Å². The lowest BCUT2D eigenvalue weighted by atomic mass is 10.0. The minimum Gasteiger partial charge on any atom is -0.341 e. The monoisotopic (exact) mass is 311 g/mol. The van der Waals surface area contributed by atoms with Crippen LogP contribution in [0.2, 0.25) is 0 Å². The first kappa shape index (κ1) is 17.2. The van der Waals surface area contributed by atoms with Gasteiger partial charge in [0, 0.05) is 32.1 Å². The summed E-state index contributed by atoms with van der Waals surface area (Å²) in [5.41, 5.74) is 14.0. The average molecular weight is 311 g/mol. The summed E-state index contributed by atoms with van der Waals surface area (Å²) in [4.78, 5) is 14.3. The summed E-state index contributed by atoms with van der Waals surface area (Å²) in [6, 6.07) is 19.6. The molecule has 0 fully saturated rings. The molecule has 4 N–H and O–H groups in total. The van der Waals surface area contributed by atoms with E-state index in [1.807, 2.05) is 53.4 Å². The molecule has 0 aliphatic heterocycles. The van der Waals surface area contributed by atoms with Crippen LogP contribution in [0.1, 0.15) is 23.6 Å². The van der Waals surface area contributed by atoms with Crippen molar-refractivity contribution in [3.05, 3.63) is 71.8 Å². The Kier molecular flexibility index (Phi) is 6.78. The van der Waals surface area contributed by atoms with Crippen molar-refractivity contribution in [2.24, 2.45) is 11.5 Å². The van der Waals surface area contributed by atoms with E-state index in [1.165, 1.54) is 5.56 Å². The van der Waals surface area contributed by atoms with Gasteiger partial charge in [0.25, 0.3) is 0 Å². The van der Waals surface area contributed by atoms with Gasteiger partial charge in [0.05, 0.1) is 0 Å². The summed E-state index contributed by atoms with van der Waals surface area (Å²) in [6.07, 6.45) is 1.13. The van der Waals surface area contributed by atoms with Gasteiger partial charge in [-0.2, -0.15) is 0 Å². The lowest BCUT2D eigenvalue weighted by Crippen LogP contribution is -2.38. The standard InChI is InChI=1S/C19H25N3O/c20-12-14-22(13-11-16-7-3-1-4-8-16)19(23)15-18(21)17-9-5-2-6-10-17/h1-10,18H,11-15,20-21H2. The first-order chi connectivity index (χ1) is 11.2. The normalized spacial score (nSPS) is 11.9. The molecule has 2 rings (SSSR count). The minimum absolute atomic E-state index is 0.0581. The minimum atomic E-state index is -0.277. The molecule has 0 bridgehead atoms. The first-order valence-corrected chi connectivity index (χ1v) is 8.03. The van der Waals surface area contributed by atoms with Crippen molar-refractivity contribution in [1.82, 2.24) is 4.90 Å². The van der Waals surface area contributed by atoms with Gasteiger partial charge in [-0.15, -0.1) is 0 Å². The molecule has 122 valence electrons. The molecule has 1 amide bonds. The molecule has 1 unspecified atom stereocenters. The highest BCUT2D eigenvalue weighted by Gasteiger charge is 2.17. The Morgan fingerprint density at radius 2 is 1.57 bits per heavy atom. The van der Waals surface area contributed by atoms with Gasteiger partial charge in [-0.25, -0.2) is 0 Å². The topological polar surface area (TPSA) is 72.3 Å². The van der Waals surface area contributed by atoms with Gasteiger partial charge < -0.3 is 16.4 Å².